The highest BCUT2D eigenvalue weighted by atomic mass is 35.5. The van der Waals surface area contributed by atoms with E-state index in [9.17, 15) is 9.59 Å². The van der Waals surface area contributed by atoms with E-state index in [4.69, 9.17) is 21.3 Å². The van der Waals surface area contributed by atoms with Gasteiger partial charge in [-0.2, -0.15) is 0 Å². The molecule has 1 N–H and O–H groups in total. The Hall–Kier alpha value is -2.86. The number of methoxy groups -OCH3 is 1. The Bertz CT molecular complexity index is 1110. The molecule has 1 aliphatic heterocycles. The molecule has 6 nitrogen and oxygen atoms in total. The predicted molar refractivity (Wildman–Crippen MR) is 124 cm³/mol. The van der Waals surface area contributed by atoms with Gasteiger partial charge in [0.25, 0.3) is 0 Å². The Kier molecular flexibility index (Phi) is 5.75. The molecule has 4 rings (SSSR count). The quantitative estimate of drug-likeness (QED) is 0.717. The molecule has 0 radical (unpaired) electrons. The number of rotatable bonds is 4. The van der Waals surface area contributed by atoms with Crippen molar-refractivity contribution >= 4 is 46.2 Å². The number of halogens is 1. The van der Waals surface area contributed by atoms with E-state index in [0.29, 0.717) is 22.1 Å². The van der Waals surface area contributed by atoms with E-state index >= 15 is 0 Å². The maximum Gasteiger partial charge on any atom is 0.244 e. The molecule has 2 amide bonds. The van der Waals surface area contributed by atoms with Crippen molar-refractivity contribution in [2.24, 2.45) is 10.9 Å². The maximum absolute atomic E-state index is 13.4. The molecule has 2 aliphatic rings. The first-order valence-electron chi connectivity index (χ1n) is 10.4. The van der Waals surface area contributed by atoms with Crippen LogP contribution >= 0.6 is 11.6 Å². The number of nitrogens with zero attached hydrogens (tertiary/aromatic N) is 2. The number of nitrogens with one attached hydrogen (secondary N) is 1. The van der Waals surface area contributed by atoms with E-state index in [1.54, 1.807) is 17.0 Å². The molecule has 0 bridgehead atoms. The zero-order valence-electron chi connectivity index (χ0n) is 18.2. The number of hydrogen-bond acceptors (Lipinski definition) is 4. The fraction of sp³-hybridized carbons (Fsp3) is 0.375. The lowest BCUT2D eigenvalue weighted by molar-refractivity contribution is -0.123. The van der Waals surface area contributed by atoms with Gasteiger partial charge in [-0.1, -0.05) is 11.6 Å². The number of carbonyl (C=O) groups excluding carboxylic acids is 2. The predicted octanol–water partition coefficient (Wildman–Crippen LogP) is 5.13. The fourth-order valence-electron chi connectivity index (χ4n) is 4.21. The molecule has 2 aromatic rings. The third-order valence-electron chi connectivity index (χ3n) is 6.09. The second-order valence-electron chi connectivity index (χ2n) is 8.25. The second-order valence-corrected chi connectivity index (χ2v) is 8.65. The number of fused-ring (bicyclic) bond motifs is 2. The molecule has 31 heavy (non-hydrogen) atoms. The molecular formula is C24H26ClN3O3. The molecule has 0 aromatic heterocycles. The molecular weight excluding hydrogens is 414 g/mol. The molecule has 0 unspecified atom stereocenters. The summed E-state index contributed by atoms with van der Waals surface area (Å²) < 4.78 is 5.36. The number of amides is 2. The van der Waals surface area contributed by atoms with E-state index in [-0.39, 0.29) is 24.3 Å². The van der Waals surface area contributed by atoms with Gasteiger partial charge in [-0.25, -0.2) is 0 Å². The lowest BCUT2D eigenvalue weighted by Crippen LogP contribution is -2.42. The number of hydrogen-bond donors (Lipinski definition) is 1. The van der Waals surface area contributed by atoms with Crippen LogP contribution in [-0.2, 0) is 9.59 Å². The van der Waals surface area contributed by atoms with Gasteiger partial charge in [0.1, 0.15) is 12.3 Å². The topological polar surface area (TPSA) is 71.0 Å². The lowest BCUT2D eigenvalue weighted by Gasteiger charge is -2.25. The first-order valence-corrected chi connectivity index (χ1v) is 10.8. The average Bonchev–Trinajstić information content (AvgIpc) is 3.15. The van der Waals surface area contributed by atoms with Crippen molar-refractivity contribution in [3.8, 4) is 5.75 Å². The van der Waals surface area contributed by atoms with Gasteiger partial charge in [-0.05, 0) is 74.9 Å². The zero-order valence-corrected chi connectivity index (χ0v) is 19.0. The highest BCUT2D eigenvalue weighted by molar-refractivity contribution is 6.31. The van der Waals surface area contributed by atoms with Crippen LogP contribution in [0.1, 0.15) is 36.0 Å². The average molecular weight is 440 g/mol. The van der Waals surface area contributed by atoms with E-state index in [2.05, 4.69) is 5.32 Å². The van der Waals surface area contributed by atoms with E-state index < -0.39 is 0 Å². The summed E-state index contributed by atoms with van der Waals surface area (Å²) in [5, 5.41) is 3.44. The van der Waals surface area contributed by atoms with Gasteiger partial charge >= 0.3 is 0 Å². The number of aliphatic imine (C=N–C) groups is 1. The molecule has 1 atom stereocenters. The van der Waals surface area contributed by atoms with Crippen LogP contribution in [-0.4, -0.2) is 31.2 Å². The van der Waals surface area contributed by atoms with Crippen LogP contribution in [0.3, 0.4) is 0 Å². The van der Waals surface area contributed by atoms with Crippen LogP contribution in [0, 0.1) is 26.7 Å². The van der Waals surface area contributed by atoms with Crippen LogP contribution in [0.25, 0.3) is 0 Å². The summed E-state index contributed by atoms with van der Waals surface area (Å²) in [5.41, 5.74) is 5.87. The van der Waals surface area contributed by atoms with E-state index in [1.807, 2.05) is 32.9 Å². The van der Waals surface area contributed by atoms with Crippen LogP contribution in [0.4, 0.5) is 17.1 Å². The molecule has 0 spiro atoms. The molecule has 1 aliphatic carbocycles. The molecule has 1 heterocycles. The first-order chi connectivity index (χ1) is 14.8. The van der Waals surface area contributed by atoms with Crippen LogP contribution in [0.5, 0.6) is 5.75 Å². The molecule has 162 valence electrons. The Morgan fingerprint density at radius 2 is 1.94 bits per heavy atom. The Labute approximate surface area is 187 Å². The van der Waals surface area contributed by atoms with E-state index in [0.717, 1.165) is 47.4 Å². The standard InChI is InChI=1S/C24H26ClN3O3/c1-13-8-19-21(10-14(13)2)28(24(30)16-6-5-7-18(16)26-19)12-23(29)27-20-9-15(3)17(25)11-22(20)31-4/h8-11,16H,5-7,12H2,1-4H3,(H,27,29)/t16-/m1/s1. The molecule has 1 fully saturated rings. The summed E-state index contributed by atoms with van der Waals surface area (Å²) in [5.74, 6) is -0.154. The number of ether oxygens (including phenoxy) is 1. The van der Waals surface area contributed by atoms with Crippen molar-refractivity contribution in [1.82, 2.24) is 0 Å². The minimum Gasteiger partial charge on any atom is -0.495 e. The third-order valence-corrected chi connectivity index (χ3v) is 6.50. The fourth-order valence-corrected chi connectivity index (χ4v) is 4.36. The lowest BCUT2D eigenvalue weighted by atomic mass is 10.0. The van der Waals surface area contributed by atoms with Crippen molar-refractivity contribution < 1.29 is 14.3 Å². The molecule has 2 aromatic carbocycles. The highest BCUT2D eigenvalue weighted by Crippen LogP contribution is 2.39. The van der Waals surface area contributed by atoms with Crippen molar-refractivity contribution in [3.63, 3.8) is 0 Å². The number of aryl methyl sites for hydroxylation is 3. The van der Waals surface area contributed by atoms with Crippen molar-refractivity contribution in [2.45, 2.75) is 40.0 Å². The molecule has 0 saturated heterocycles. The molecule has 7 heteroatoms. The van der Waals surface area contributed by atoms with E-state index in [1.165, 1.54) is 7.11 Å². The summed E-state index contributed by atoms with van der Waals surface area (Å²) in [4.78, 5) is 32.9. The highest BCUT2D eigenvalue weighted by Gasteiger charge is 2.37. The van der Waals surface area contributed by atoms with Gasteiger partial charge in [0, 0.05) is 16.8 Å². The van der Waals surface area contributed by atoms with Crippen molar-refractivity contribution in [3.05, 3.63) is 46.0 Å². The SMILES string of the molecule is COc1cc(Cl)c(C)cc1NC(=O)CN1C(=O)[C@@H]2CCCC2=Nc2cc(C)c(C)cc21. The van der Waals surface area contributed by atoms with Gasteiger partial charge < -0.3 is 15.0 Å². The van der Waals surface area contributed by atoms with Gasteiger partial charge in [-0.15, -0.1) is 0 Å². The smallest absolute Gasteiger partial charge is 0.244 e. The summed E-state index contributed by atoms with van der Waals surface area (Å²) in [7, 11) is 1.52. The Morgan fingerprint density at radius 3 is 2.68 bits per heavy atom. The van der Waals surface area contributed by atoms with Crippen LogP contribution < -0.4 is 15.0 Å². The first kappa shape index (κ1) is 21.4. The van der Waals surface area contributed by atoms with Gasteiger partial charge in [0.05, 0.1) is 30.1 Å². The van der Waals surface area contributed by atoms with Gasteiger partial charge in [0.2, 0.25) is 11.8 Å². The van der Waals surface area contributed by atoms with Gasteiger partial charge in [-0.3, -0.25) is 14.6 Å². The van der Waals surface area contributed by atoms with Crippen molar-refractivity contribution in [1.29, 1.82) is 0 Å². The van der Waals surface area contributed by atoms with Crippen LogP contribution in [0.2, 0.25) is 5.02 Å². The van der Waals surface area contributed by atoms with Crippen molar-refractivity contribution in [2.75, 3.05) is 23.9 Å². The second kappa shape index (κ2) is 8.35. The Balaban J connectivity index is 1.67. The number of benzene rings is 2. The summed E-state index contributed by atoms with van der Waals surface area (Å²) >= 11 is 6.17. The van der Waals surface area contributed by atoms with Gasteiger partial charge in [0.15, 0.2) is 0 Å². The summed E-state index contributed by atoms with van der Waals surface area (Å²) in [6, 6.07) is 7.39. The zero-order chi connectivity index (χ0) is 22.3. The number of carbonyl (C=O) groups is 2. The third kappa shape index (κ3) is 4.04. The maximum atomic E-state index is 13.4. The van der Waals surface area contributed by atoms with Crippen LogP contribution in [0.15, 0.2) is 29.3 Å². The summed E-state index contributed by atoms with van der Waals surface area (Å²) in [6.45, 7) is 5.79. The largest absolute Gasteiger partial charge is 0.495 e. The monoisotopic (exact) mass is 439 g/mol. The minimum absolute atomic E-state index is 0.0624. The minimum atomic E-state index is -0.306. The summed E-state index contributed by atoms with van der Waals surface area (Å²) in [6.07, 6.45) is 2.53. The number of anilines is 2. The Morgan fingerprint density at radius 1 is 1.19 bits per heavy atom. The normalized spacial score (nSPS) is 17.6. The molecule has 1 saturated carbocycles.